The quantitative estimate of drug-likeness (QED) is 0.288. The average Bonchev–Trinajstić information content (AvgIpc) is 2.46. The van der Waals surface area contributed by atoms with E-state index in [1.165, 1.54) is 0 Å². The number of nitrogens with two attached hydrogens (primary N) is 1. The standard InChI is InChI=1S/C14H12Cl2N2OS/c15-11-4-2-1-3-10(11)8-20-13-6-5-9(7-12(13)16)14(17)18-19/h1-7,19H,8H2,(H2,17,18). The van der Waals surface area contributed by atoms with Crippen molar-refractivity contribution in [2.75, 3.05) is 0 Å². The number of oxime groups is 1. The molecule has 6 heteroatoms. The Morgan fingerprint density at radius 3 is 2.55 bits per heavy atom. The third kappa shape index (κ3) is 3.60. The highest BCUT2D eigenvalue weighted by Gasteiger charge is 2.07. The van der Waals surface area contributed by atoms with E-state index in [2.05, 4.69) is 5.16 Å². The number of amidine groups is 1. The van der Waals surface area contributed by atoms with Gasteiger partial charge >= 0.3 is 0 Å². The van der Waals surface area contributed by atoms with Gasteiger partial charge in [-0.05, 0) is 29.8 Å². The van der Waals surface area contributed by atoms with E-state index >= 15 is 0 Å². The molecular weight excluding hydrogens is 315 g/mol. The Bertz CT molecular complexity index is 647. The molecule has 0 aliphatic carbocycles. The molecule has 0 unspecified atom stereocenters. The van der Waals surface area contributed by atoms with Crippen LogP contribution >= 0.6 is 35.0 Å². The Morgan fingerprint density at radius 1 is 1.15 bits per heavy atom. The molecule has 2 aromatic rings. The van der Waals surface area contributed by atoms with E-state index in [0.717, 1.165) is 21.2 Å². The number of rotatable bonds is 4. The van der Waals surface area contributed by atoms with Gasteiger partial charge in [0.15, 0.2) is 5.84 Å². The molecule has 0 aromatic heterocycles. The summed E-state index contributed by atoms with van der Waals surface area (Å²) in [6.45, 7) is 0. The van der Waals surface area contributed by atoms with Crippen LogP contribution in [0.3, 0.4) is 0 Å². The van der Waals surface area contributed by atoms with Gasteiger partial charge in [-0.2, -0.15) is 0 Å². The van der Waals surface area contributed by atoms with Crippen LogP contribution in [-0.2, 0) is 5.75 Å². The van der Waals surface area contributed by atoms with Crippen molar-refractivity contribution < 1.29 is 5.21 Å². The second-order valence-electron chi connectivity index (χ2n) is 4.01. The molecule has 3 N–H and O–H groups in total. The molecule has 0 bridgehead atoms. The molecule has 0 saturated heterocycles. The van der Waals surface area contributed by atoms with Gasteiger partial charge in [-0.3, -0.25) is 0 Å². The van der Waals surface area contributed by atoms with Gasteiger partial charge in [-0.25, -0.2) is 0 Å². The van der Waals surface area contributed by atoms with E-state index < -0.39 is 0 Å². The summed E-state index contributed by atoms with van der Waals surface area (Å²) in [5, 5.41) is 12.9. The first-order chi connectivity index (χ1) is 9.61. The summed E-state index contributed by atoms with van der Waals surface area (Å²) < 4.78 is 0. The van der Waals surface area contributed by atoms with Gasteiger partial charge in [0, 0.05) is 21.2 Å². The number of halogens is 2. The minimum atomic E-state index is 0.0366. The van der Waals surface area contributed by atoms with Crippen LogP contribution in [0, 0.1) is 0 Å². The van der Waals surface area contributed by atoms with Crippen molar-refractivity contribution in [3.8, 4) is 0 Å². The second-order valence-corrected chi connectivity index (χ2v) is 5.84. The van der Waals surface area contributed by atoms with E-state index in [-0.39, 0.29) is 5.84 Å². The lowest BCUT2D eigenvalue weighted by molar-refractivity contribution is 0.318. The van der Waals surface area contributed by atoms with Crippen LogP contribution in [0.4, 0.5) is 0 Å². The summed E-state index contributed by atoms with van der Waals surface area (Å²) in [5.41, 5.74) is 7.15. The SMILES string of the molecule is N/C(=N/O)c1ccc(SCc2ccccc2Cl)c(Cl)c1. The van der Waals surface area contributed by atoms with Gasteiger partial charge in [0.2, 0.25) is 0 Å². The minimum Gasteiger partial charge on any atom is -0.409 e. The fourth-order valence-electron chi connectivity index (χ4n) is 1.61. The zero-order chi connectivity index (χ0) is 14.5. The average molecular weight is 327 g/mol. The summed E-state index contributed by atoms with van der Waals surface area (Å²) in [5.74, 6) is 0.761. The molecular formula is C14H12Cl2N2OS. The lowest BCUT2D eigenvalue weighted by Gasteiger charge is -2.07. The Morgan fingerprint density at radius 2 is 1.90 bits per heavy atom. The highest BCUT2D eigenvalue weighted by atomic mass is 35.5. The molecule has 0 aliphatic rings. The number of hydrogen-bond donors (Lipinski definition) is 2. The van der Waals surface area contributed by atoms with Crippen molar-refractivity contribution in [3.05, 3.63) is 63.6 Å². The van der Waals surface area contributed by atoms with Crippen molar-refractivity contribution in [2.24, 2.45) is 10.9 Å². The molecule has 3 nitrogen and oxygen atoms in total. The molecule has 2 aromatic carbocycles. The Hall–Kier alpha value is -1.36. The molecule has 0 atom stereocenters. The Labute approximate surface area is 131 Å². The lowest BCUT2D eigenvalue weighted by atomic mass is 10.2. The molecule has 20 heavy (non-hydrogen) atoms. The predicted molar refractivity (Wildman–Crippen MR) is 85.0 cm³/mol. The summed E-state index contributed by atoms with van der Waals surface area (Å²) in [6.07, 6.45) is 0. The maximum absolute atomic E-state index is 8.63. The van der Waals surface area contributed by atoms with Gasteiger partial charge in [-0.15, -0.1) is 11.8 Å². The molecule has 0 saturated carbocycles. The maximum Gasteiger partial charge on any atom is 0.170 e. The van der Waals surface area contributed by atoms with Crippen molar-refractivity contribution in [2.45, 2.75) is 10.6 Å². The van der Waals surface area contributed by atoms with Crippen LogP contribution in [0.1, 0.15) is 11.1 Å². The number of thioether (sulfide) groups is 1. The van der Waals surface area contributed by atoms with E-state index in [1.807, 2.05) is 30.3 Å². The van der Waals surface area contributed by atoms with Crippen molar-refractivity contribution in [1.82, 2.24) is 0 Å². The molecule has 0 amide bonds. The van der Waals surface area contributed by atoms with Crippen LogP contribution in [0.2, 0.25) is 10.0 Å². The molecule has 2 rings (SSSR count). The van der Waals surface area contributed by atoms with Gasteiger partial charge in [0.05, 0.1) is 5.02 Å². The van der Waals surface area contributed by atoms with Gasteiger partial charge in [0.1, 0.15) is 0 Å². The summed E-state index contributed by atoms with van der Waals surface area (Å²) in [4.78, 5) is 0.918. The zero-order valence-corrected chi connectivity index (χ0v) is 12.7. The minimum absolute atomic E-state index is 0.0366. The van der Waals surface area contributed by atoms with Crippen LogP contribution < -0.4 is 5.73 Å². The number of benzene rings is 2. The first-order valence-corrected chi connectivity index (χ1v) is 7.49. The summed E-state index contributed by atoms with van der Waals surface area (Å²) in [7, 11) is 0. The van der Waals surface area contributed by atoms with Gasteiger partial charge < -0.3 is 10.9 Å². The molecule has 0 fully saturated rings. The predicted octanol–water partition coefficient (Wildman–Crippen LogP) is 4.38. The highest BCUT2D eigenvalue weighted by Crippen LogP contribution is 2.32. The lowest BCUT2D eigenvalue weighted by Crippen LogP contribution is -2.12. The monoisotopic (exact) mass is 326 g/mol. The molecule has 0 radical (unpaired) electrons. The van der Waals surface area contributed by atoms with Crippen molar-refractivity contribution in [1.29, 1.82) is 0 Å². The molecule has 0 aliphatic heterocycles. The van der Waals surface area contributed by atoms with E-state index in [4.69, 9.17) is 34.1 Å². The summed E-state index contributed by atoms with van der Waals surface area (Å²) in [6, 6.07) is 13.0. The molecule has 0 heterocycles. The Kier molecular flexibility index (Phi) is 5.17. The molecule has 0 spiro atoms. The van der Waals surface area contributed by atoms with Gasteiger partial charge in [0.25, 0.3) is 0 Å². The number of hydrogen-bond acceptors (Lipinski definition) is 3. The summed E-state index contributed by atoms with van der Waals surface area (Å²) >= 11 is 13.9. The number of nitrogens with zero attached hydrogens (tertiary/aromatic N) is 1. The fraction of sp³-hybridized carbons (Fsp3) is 0.0714. The topological polar surface area (TPSA) is 58.6 Å². The van der Waals surface area contributed by atoms with E-state index in [9.17, 15) is 0 Å². The smallest absolute Gasteiger partial charge is 0.170 e. The van der Waals surface area contributed by atoms with E-state index in [1.54, 1.807) is 23.9 Å². The maximum atomic E-state index is 8.63. The zero-order valence-electron chi connectivity index (χ0n) is 10.4. The fourth-order valence-corrected chi connectivity index (χ4v) is 3.16. The Balaban J connectivity index is 2.13. The van der Waals surface area contributed by atoms with Crippen LogP contribution in [0.15, 0.2) is 52.5 Å². The van der Waals surface area contributed by atoms with Crippen LogP contribution in [0.25, 0.3) is 0 Å². The highest BCUT2D eigenvalue weighted by molar-refractivity contribution is 7.98. The first kappa shape index (κ1) is 15.0. The second kappa shape index (κ2) is 6.88. The van der Waals surface area contributed by atoms with Crippen LogP contribution in [0.5, 0.6) is 0 Å². The van der Waals surface area contributed by atoms with E-state index in [0.29, 0.717) is 10.6 Å². The normalized spacial score (nSPS) is 11.6. The van der Waals surface area contributed by atoms with Crippen molar-refractivity contribution >= 4 is 40.8 Å². The third-order valence-corrected chi connectivity index (χ3v) is 4.59. The van der Waals surface area contributed by atoms with Gasteiger partial charge in [-0.1, -0.05) is 46.6 Å². The molecule has 104 valence electrons. The third-order valence-electron chi connectivity index (χ3n) is 2.68. The van der Waals surface area contributed by atoms with Crippen molar-refractivity contribution in [3.63, 3.8) is 0 Å². The largest absolute Gasteiger partial charge is 0.409 e. The first-order valence-electron chi connectivity index (χ1n) is 5.75. The van der Waals surface area contributed by atoms with Crippen LogP contribution in [-0.4, -0.2) is 11.0 Å².